The van der Waals surface area contributed by atoms with E-state index in [4.69, 9.17) is 23.2 Å². The van der Waals surface area contributed by atoms with Crippen LogP contribution in [0.3, 0.4) is 0 Å². The molecule has 0 aromatic heterocycles. The number of unbranched alkanes of at least 4 members (excludes halogenated alkanes) is 1. The van der Waals surface area contributed by atoms with Crippen LogP contribution in [0.4, 0.5) is 0 Å². The number of phenolic OH excluding ortho intramolecular Hbond substituents is 1. The number of rotatable bonds is 14. The van der Waals surface area contributed by atoms with Crippen LogP contribution in [-0.2, 0) is 26.0 Å². The van der Waals surface area contributed by atoms with Gasteiger partial charge in [-0.2, -0.15) is 0 Å². The van der Waals surface area contributed by atoms with E-state index in [2.05, 4.69) is 15.5 Å². The number of sulfone groups is 1. The molecule has 0 radical (unpaired) electrons. The van der Waals surface area contributed by atoms with E-state index in [0.29, 0.717) is 23.7 Å². The fraction of sp³-hybridized carbons (Fsp3) is 0.481. The van der Waals surface area contributed by atoms with Gasteiger partial charge in [0, 0.05) is 18.1 Å². The first-order valence-electron chi connectivity index (χ1n) is 13.0. The summed E-state index contributed by atoms with van der Waals surface area (Å²) in [5.41, 5.74) is 1.33. The lowest BCUT2D eigenvalue weighted by Crippen LogP contribution is -2.43. The highest BCUT2D eigenvalue weighted by Gasteiger charge is 2.21. The van der Waals surface area contributed by atoms with Gasteiger partial charge < -0.3 is 20.2 Å². The molecule has 214 valence electrons. The Bertz CT molecular complexity index is 1240. The summed E-state index contributed by atoms with van der Waals surface area (Å²) >= 11 is 12.1. The number of nitrogens with one attached hydrogen (secondary N) is 2. The molecule has 3 N–H and O–H groups in total. The van der Waals surface area contributed by atoms with E-state index >= 15 is 0 Å². The molecule has 1 aliphatic heterocycles. The van der Waals surface area contributed by atoms with Gasteiger partial charge in [-0.1, -0.05) is 35.3 Å². The van der Waals surface area contributed by atoms with Crippen molar-refractivity contribution in [2.24, 2.45) is 0 Å². The van der Waals surface area contributed by atoms with Gasteiger partial charge in [0.05, 0.1) is 23.0 Å². The number of benzene rings is 2. The maximum Gasteiger partial charge on any atom is 0.242 e. The fourth-order valence-corrected chi connectivity index (χ4v) is 6.31. The maximum atomic E-state index is 13.0. The average Bonchev–Trinajstić information content (AvgIpc) is 3.42. The molecule has 1 saturated heterocycles. The molecular weight excluding hydrogens is 563 g/mol. The third-order valence-corrected chi connectivity index (χ3v) is 9.25. The Kier molecular flexibility index (Phi) is 11.9. The summed E-state index contributed by atoms with van der Waals surface area (Å²) in [5, 5.41) is 15.1. The quantitative estimate of drug-likeness (QED) is 0.285. The number of hydrogen-bond donors (Lipinski definition) is 3. The number of nitrogens with zero attached hydrogens (tertiary/aromatic N) is 2. The maximum absolute atomic E-state index is 13.0. The first-order chi connectivity index (χ1) is 18.6. The van der Waals surface area contributed by atoms with Crippen molar-refractivity contribution in [2.45, 2.75) is 44.0 Å². The fourth-order valence-electron chi connectivity index (χ4n) is 4.36. The number of hydrogen-bond acceptors (Lipinski definition) is 7. The number of phenols is 1. The van der Waals surface area contributed by atoms with Crippen LogP contribution in [0.2, 0.25) is 10.0 Å². The molecule has 9 nitrogen and oxygen atoms in total. The highest BCUT2D eigenvalue weighted by atomic mass is 35.5. The molecule has 0 atom stereocenters. The van der Waals surface area contributed by atoms with Gasteiger partial charge in [0.25, 0.3) is 0 Å². The second-order valence-electron chi connectivity index (χ2n) is 9.68. The third-order valence-electron chi connectivity index (χ3n) is 6.65. The van der Waals surface area contributed by atoms with E-state index in [-0.39, 0.29) is 34.7 Å². The van der Waals surface area contributed by atoms with Crippen LogP contribution in [0.5, 0.6) is 5.75 Å². The smallest absolute Gasteiger partial charge is 0.242 e. The van der Waals surface area contributed by atoms with E-state index in [1.54, 1.807) is 36.1 Å². The van der Waals surface area contributed by atoms with Gasteiger partial charge in [-0.15, -0.1) is 0 Å². The lowest BCUT2D eigenvalue weighted by atomic mass is 10.2. The zero-order valence-corrected chi connectivity index (χ0v) is 24.4. The molecule has 2 amide bonds. The van der Waals surface area contributed by atoms with Crippen molar-refractivity contribution in [2.75, 3.05) is 45.1 Å². The van der Waals surface area contributed by atoms with E-state index in [0.717, 1.165) is 38.0 Å². The molecule has 39 heavy (non-hydrogen) atoms. The summed E-state index contributed by atoms with van der Waals surface area (Å²) in [4.78, 5) is 29.4. The zero-order chi connectivity index (χ0) is 28.4. The number of carbonyl (C=O) groups is 2. The zero-order valence-electron chi connectivity index (χ0n) is 22.1. The summed E-state index contributed by atoms with van der Waals surface area (Å²) in [7, 11) is -3.81. The largest absolute Gasteiger partial charge is 0.508 e. The van der Waals surface area contributed by atoms with Crippen molar-refractivity contribution in [1.29, 1.82) is 0 Å². The van der Waals surface area contributed by atoms with Gasteiger partial charge in [-0.3, -0.25) is 14.9 Å². The minimum absolute atomic E-state index is 0.0495. The Morgan fingerprint density at radius 2 is 1.72 bits per heavy atom. The average molecular weight is 600 g/mol. The van der Waals surface area contributed by atoms with Crippen LogP contribution in [-0.4, -0.2) is 80.3 Å². The van der Waals surface area contributed by atoms with Crippen molar-refractivity contribution in [3.8, 4) is 5.75 Å². The normalized spacial score (nSPS) is 13.9. The van der Waals surface area contributed by atoms with Crippen molar-refractivity contribution >= 4 is 44.9 Å². The van der Waals surface area contributed by atoms with Gasteiger partial charge in [0.1, 0.15) is 11.6 Å². The Labute approximate surface area is 240 Å². The predicted molar refractivity (Wildman–Crippen MR) is 153 cm³/mol. The molecule has 0 unspecified atom stereocenters. The molecule has 1 aliphatic rings. The van der Waals surface area contributed by atoms with Crippen LogP contribution in [0.15, 0.2) is 41.3 Å². The predicted octanol–water partition coefficient (Wildman–Crippen LogP) is 3.35. The Balaban J connectivity index is 1.48. The summed E-state index contributed by atoms with van der Waals surface area (Å²) in [6.07, 6.45) is 4.28. The summed E-state index contributed by atoms with van der Waals surface area (Å²) in [6.45, 7) is 5.29. The molecule has 0 aliphatic carbocycles. The molecule has 2 aromatic rings. The summed E-state index contributed by atoms with van der Waals surface area (Å²) in [6, 6.07) is 9.47. The molecule has 0 saturated carbocycles. The first kappa shape index (κ1) is 31.2. The van der Waals surface area contributed by atoms with Gasteiger partial charge in [0.15, 0.2) is 9.84 Å². The highest BCUT2D eigenvalue weighted by Crippen LogP contribution is 2.30. The van der Waals surface area contributed by atoms with Gasteiger partial charge >= 0.3 is 0 Å². The van der Waals surface area contributed by atoms with Crippen LogP contribution >= 0.6 is 23.2 Å². The minimum atomic E-state index is -3.81. The van der Waals surface area contributed by atoms with Crippen LogP contribution in [0.25, 0.3) is 0 Å². The van der Waals surface area contributed by atoms with Crippen LogP contribution in [0.1, 0.15) is 36.8 Å². The van der Waals surface area contributed by atoms with Crippen LogP contribution < -0.4 is 10.6 Å². The summed E-state index contributed by atoms with van der Waals surface area (Å²) < 4.78 is 25.3. The topological polar surface area (TPSA) is 119 Å². The monoisotopic (exact) mass is 598 g/mol. The SMILES string of the molecule is Cc1c(Cl)ccc(S(=O)(=O)CNCC(=O)NCC(=O)N(CCCCN2CCCC2)Cc2ccc(O)cc2)c1Cl. The molecule has 1 heterocycles. The van der Waals surface area contributed by atoms with E-state index in [1.165, 1.54) is 25.0 Å². The number of amides is 2. The summed E-state index contributed by atoms with van der Waals surface area (Å²) in [5.74, 6) is -1.10. The lowest BCUT2D eigenvalue weighted by Gasteiger charge is -2.24. The highest BCUT2D eigenvalue weighted by molar-refractivity contribution is 7.91. The number of aromatic hydroxyl groups is 1. The van der Waals surface area contributed by atoms with Gasteiger partial charge in [-0.25, -0.2) is 8.42 Å². The Hall–Kier alpha value is -2.37. The Morgan fingerprint density at radius 3 is 2.41 bits per heavy atom. The molecule has 1 fully saturated rings. The molecule has 3 rings (SSSR count). The number of likely N-dealkylation sites (tertiary alicyclic amines) is 1. The second kappa shape index (κ2) is 14.9. The third kappa shape index (κ3) is 9.65. The first-order valence-corrected chi connectivity index (χ1v) is 15.4. The van der Waals surface area contributed by atoms with Gasteiger partial charge in [0.2, 0.25) is 11.8 Å². The molecule has 0 spiro atoms. The second-order valence-corrected chi connectivity index (χ2v) is 12.4. The lowest BCUT2D eigenvalue weighted by molar-refractivity contribution is -0.133. The van der Waals surface area contributed by atoms with Crippen molar-refractivity contribution < 1.29 is 23.1 Å². The number of carbonyl (C=O) groups excluding carboxylic acids is 2. The minimum Gasteiger partial charge on any atom is -0.508 e. The number of halogens is 2. The molecule has 0 bridgehead atoms. The van der Waals surface area contributed by atoms with Crippen molar-refractivity contribution in [3.05, 3.63) is 57.6 Å². The Morgan fingerprint density at radius 1 is 1.03 bits per heavy atom. The van der Waals surface area contributed by atoms with E-state index < -0.39 is 21.6 Å². The van der Waals surface area contributed by atoms with Gasteiger partial charge in [-0.05, 0) is 87.6 Å². The van der Waals surface area contributed by atoms with E-state index in [1.807, 2.05) is 0 Å². The van der Waals surface area contributed by atoms with Crippen LogP contribution in [0, 0.1) is 6.92 Å². The molecular formula is C27H36Cl2N4O5S. The van der Waals surface area contributed by atoms with Crippen molar-refractivity contribution in [3.63, 3.8) is 0 Å². The standard InChI is InChI=1S/C27H36Cl2N4O5S/c1-20-23(28)10-11-24(27(20)29)39(37,38)19-30-16-25(35)31-17-26(36)33(18-21-6-8-22(34)9-7-21)15-5-4-14-32-12-2-3-13-32/h6-11,30,34H,2-5,12-19H2,1H3,(H,31,35). The van der Waals surface area contributed by atoms with E-state index in [9.17, 15) is 23.1 Å². The molecule has 2 aromatic carbocycles. The molecule has 12 heteroatoms. The van der Waals surface area contributed by atoms with Crippen molar-refractivity contribution in [1.82, 2.24) is 20.4 Å².